The number of amides is 1. The molecule has 0 bridgehead atoms. The summed E-state index contributed by atoms with van der Waals surface area (Å²) in [5.41, 5.74) is 1.91. The number of ether oxygens (including phenoxy) is 1. The second kappa shape index (κ2) is 8.07. The number of piperazine rings is 1. The van der Waals surface area contributed by atoms with Gasteiger partial charge >= 0.3 is 6.09 Å². The van der Waals surface area contributed by atoms with Gasteiger partial charge in [0, 0.05) is 37.1 Å². The molecule has 2 aromatic heterocycles. The fraction of sp³-hybridized carbons (Fsp3) is 0.458. The maximum atomic E-state index is 13.8. The van der Waals surface area contributed by atoms with Crippen LogP contribution in [0.5, 0.6) is 0 Å². The summed E-state index contributed by atoms with van der Waals surface area (Å²) in [6, 6.07) is 6.45. The van der Waals surface area contributed by atoms with Crippen LogP contribution in [0, 0.1) is 12.7 Å². The molecule has 1 saturated heterocycles. The Kier molecular flexibility index (Phi) is 5.56. The topological polar surface area (TPSA) is 63.5 Å². The molecule has 0 saturated carbocycles. The van der Waals surface area contributed by atoms with E-state index in [1.807, 2.05) is 51.4 Å². The highest BCUT2D eigenvalue weighted by molar-refractivity contribution is 5.92. The van der Waals surface area contributed by atoms with E-state index in [1.165, 1.54) is 12.1 Å². The van der Waals surface area contributed by atoms with Gasteiger partial charge in [-0.2, -0.15) is 0 Å². The molecule has 1 aliphatic heterocycles. The number of halogens is 1. The third-order valence-electron chi connectivity index (χ3n) is 5.72. The molecule has 0 spiro atoms. The lowest BCUT2D eigenvalue weighted by molar-refractivity contribution is 0.0130. The Bertz CT molecular complexity index is 1150. The predicted molar refractivity (Wildman–Crippen MR) is 123 cm³/mol. The van der Waals surface area contributed by atoms with E-state index in [2.05, 4.69) is 21.8 Å². The minimum absolute atomic E-state index is 0.0359. The second-order valence-electron chi connectivity index (χ2n) is 9.54. The molecular formula is C24H30FN5O2. The summed E-state index contributed by atoms with van der Waals surface area (Å²) in [7, 11) is 0. The Labute approximate surface area is 187 Å². The van der Waals surface area contributed by atoms with Gasteiger partial charge in [0.05, 0.1) is 5.39 Å². The average molecular weight is 440 g/mol. The van der Waals surface area contributed by atoms with E-state index >= 15 is 0 Å². The van der Waals surface area contributed by atoms with Gasteiger partial charge in [0.2, 0.25) is 0 Å². The zero-order chi connectivity index (χ0) is 23.2. The zero-order valence-corrected chi connectivity index (χ0v) is 19.5. The quantitative estimate of drug-likeness (QED) is 0.579. The van der Waals surface area contributed by atoms with Crippen LogP contribution in [0.25, 0.3) is 16.7 Å². The van der Waals surface area contributed by atoms with E-state index in [0.29, 0.717) is 18.8 Å². The number of carbonyl (C=O) groups is 1. The van der Waals surface area contributed by atoms with E-state index in [9.17, 15) is 9.18 Å². The zero-order valence-electron chi connectivity index (χ0n) is 19.5. The van der Waals surface area contributed by atoms with Crippen molar-refractivity contribution in [2.75, 3.05) is 18.0 Å². The summed E-state index contributed by atoms with van der Waals surface area (Å²) in [6.45, 7) is 12.9. The van der Waals surface area contributed by atoms with Crippen LogP contribution < -0.4 is 4.90 Å². The summed E-state index contributed by atoms with van der Waals surface area (Å²) in [6.07, 6.45) is 3.21. The van der Waals surface area contributed by atoms with E-state index < -0.39 is 5.60 Å². The van der Waals surface area contributed by atoms with Crippen LogP contribution in [0.1, 0.15) is 40.2 Å². The van der Waals surface area contributed by atoms with Crippen LogP contribution in [-0.2, 0) is 4.74 Å². The lowest BCUT2D eigenvalue weighted by atomic mass is 10.1. The van der Waals surface area contributed by atoms with E-state index in [0.717, 1.165) is 22.4 Å². The summed E-state index contributed by atoms with van der Waals surface area (Å²) in [4.78, 5) is 25.8. The summed E-state index contributed by atoms with van der Waals surface area (Å²) >= 11 is 0. The Balaban J connectivity index is 1.68. The highest BCUT2D eigenvalue weighted by Crippen LogP contribution is 2.33. The lowest BCUT2D eigenvalue weighted by Crippen LogP contribution is -2.59. The Morgan fingerprint density at radius 3 is 2.59 bits per heavy atom. The largest absolute Gasteiger partial charge is 0.444 e. The number of fused-ring (bicyclic) bond motifs is 1. The van der Waals surface area contributed by atoms with Crippen LogP contribution in [0.2, 0.25) is 0 Å². The summed E-state index contributed by atoms with van der Waals surface area (Å²) in [5.74, 6) is 0.530. The van der Waals surface area contributed by atoms with Crippen molar-refractivity contribution in [2.24, 2.45) is 0 Å². The minimum atomic E-state index is -0.535. The van der Waals surface area contributed by atoms with Gasteiger partial charge in [0.25, 0.3) is 0 Å². The number of anilines is 1. The van der Waals surface area contributed by atoms with Crippen LogP contribution in [0.4, 0.5) is 15.0 Å². The van der Waals surface area contributed by atoms with E-state index in [4.69, 9.17) is 4.74 Å². The first-order chi connectivity index (χ1) is 15.0. The maximum absolute atomic E-state index is 13.8. The Hall–Kier alpha value is -3.16. The van der Waals surface area contributed by atoms with Gasteiger partial charge in [0.1, 0.15) is 29.2 Å². The Morgan fingerprint density at radius 1 is 1.16 bits per heavy atom. The molecule has 1 aliphatic rings. The van der Waals surface area contributed by atoms with Crippen LogP contribution in [0.3, 0.4) is 0 Å². The molecule has 0 aliphatic carbocycles. The van der Waals surface area contributed by atoms with Crippen LogP contribution >= 0.6 is 0 Å². The molecule has 7 nitrogen and oxygen atoms in total. The van der Waals surface area contributed by atoms with Gasteiger partial charge in [0.15, 0.2) is 0 Å². The molecule has 0 radical (unpaired) electrons. The molecule has 0 N–H and O–H groups in total. The number of rotatable bonds is 2. The molecule has 170 valence electrons. The van der Waals surface area contributed by atoms with Gasteiger partial charge in [-0.25, -0.2) is 19.2 Å². The Morgan fingerprint density at radius 2 is 1.91 bits per heavy atom. The number of hydrogen-bond donors (Lipinski definition) is 0. The van der Waals surface area contributed by atoms with Gasteiger partial charge in [-0.15, -0.1) is 0 Å². The molecule has 3 heterocycles. The number of aryl methyl sites for hydroxylation is 1. The minimum Gasteiger partial charge on any atom is -0.444 e. The molecule has 8 heteroatoms. The molecule has 0 unspecified atom stereocenters. The number of benzene rings is 1. The average Bonchev–Trinajstić information content (AvgIpc) is 3.05. The summed E-state index contributed by atoms with van der Waals surface area (Å²) in [5, 5.41) is 0.932. The molecule has 32 heavy (non-hydrogen) atoms. The van der Waals surface area contributed by atoms with Crippen molar-refractivity contribution in [3.8, 4) is 5.69 Å². The van der Waals surface area contributed by atoms with Crippen molar-refractivity contribution in [1.82, 2.24) is 19.4 Å². The fourth-order valence-electron chi connectivity index (χ4n) is 4.26. The van der Waals surface area contributed by atoms with Crippen molar-refractivity contribution in [3.05, 3.63) is 48.2 Å². The number of hydrogen-bond acceptors (Lipinski definition) is 5. The molecule has 1 aromatic carbocycles. The number of nitrogens with zero attached hydrogens (tertiary/aromatic N) is 5. The van der Waals surface area contributed by atoms with Gasteiger partial charge < -0.3 is 19.1 Å². The smallest absolute Gasteiger partial charge is 0.410 e. The van der Waals surface area contributed by atoms with Crippen molar-refractivity contribution >= 4 is 22.9 Å². The first-order valence-electron chi connectivity index (χ1n) is 10.9. The normalized spacial score (nSPS) is 19.5. The first-order valence-corrected chi connectivity index (χ1v) is 10.9. The van der Waals surface area contributed by atoms with Crippen molar-refractivity contribution < 1.29 is 13.9 Å². The first kappa shape index (κ1) is 22.0. The monoisotopic (exact) mass is 439 g/mol. The van der Waals surface area contributed by atoms with Crippen LogP contribution in [-0.4, -0.2) is 56.3 Å². The van der Waals surface area contributed by atoms with E-state index in [1.54, 1.807) is 17.3 Å². The molecule has 3 aromatic rings. The molecular weight excluding hydrogens is 409 g/mol. The SMILES string of the molecule is Cc1cn(-c2cccc(F)c2)c2ncnc(N3C[C@@H](C)N(C(=O)OC(C)(C)C)C[C@@H]3C)c12. The molecule has 1 amide bonds. The third-order valence-corrected chi connectivity index (χ3v) is 5.72. The van der Waals surface area contributed by atoms with E-state index in [-0.39, 0.29) is 24.0 Å². The fourth-order valence-corrected chi connectivity index (χ4v) is 4.26. The second-order valence-corrected chi connectivity index (χ2v) is 9.54. The summed E-state index contributed by atoms with van der Waals surface area (Å²) < 4.78 is 21.3. The predicted octanol–water partition coefficient (Wildman–Crippen LogP) is 4.70. The lowest BCUT2D eigenvalue weighted by Gasteiger charge is -2.44. The standard InChI is InChI=1S/C24H30FN5O2/c1-15-11-30(19-9-7-8-18(25)10-19)22-20(15)21(26-14-27-22)28-12-17(3)29(13-16(28)2)23(31)32-24(4,5)6/h7-11,14,16-17H,12-13H2,1-6H3/t16-,17+/m0/s1. The highest BCUT2D eigenvalue weighted by atomic mass is 19.1. The third kappa shape index (κ3) is 4.13. The molecule has 4 rings (SSSR count). The van der Waals surface area contributed by atoms with Gasteiger partial charge in [-0.1, -0.05) is 6.07 Å². The molecule has 2 atom stereocenters. The van der Waals surface area contributed by atoms with Gasteiger partial charge in [-0.05, 0) is 65.3 Å². The van der Waals surface area contributed by atoms with Crippen LogP contribution in [0.15, 0.2) is 36.8 Å². The van der Waals surface area contributed by atoms with Crippen molar-refractivity contribution in [2.45, 2.75) is 59.2 Å². The van der Waals surface area contributed by atoms with Crippen molar-refractivity contribution in [1.29, 1.82) is 0 Å². The highest BCUT2D eigenvalue weighted by Gasteiger charge is 2.36. The number of carbonyl (C=O) groups excluding carboxylic acids is 1. The number of aromatic nitrogens is 3. The van der Waals surface area contributed by atoms with Crippen molar-refractivity contribution in [3.63, 3.8) is 0 Å². The molecule has 1 fully saturated rings. The maximum Gasteiger partial charge on any atom is 0.410 e. The van der Waals surface area contributed by atoms with Gasteiger partial charge in [-0.3, -0.25) is 0 Å².